The van der Waals surface area contributed by atoms with Crippen molar-refractivity contribution in [2.24, 2.45) is 0 Å². The van der Waals surface area contributed by atoms with Crippen LogP contribution in [0.4, 0.5) is 0 Å². The third-order valence-electron chi connectivity index (χ3n) is 7.03. The molecule has 6 nitrogen and oxygen atoms in total. The number of hydrogen-bond donors (Lipinski definition) is 0. The van der Waals surface area contributed by atoms with Crippen LogP contribution in [0.2, 0.25) is 0 Å². The summed E-state index contributed by atoms with van der Waals surface area (Å²) in [5.41, 5.74) is 5.20. The monoisotopic (exact) mass is 486 g/mol. The smallest absolute Gasteiger partial charge is 0.131 e. The molecule has 4 aliphatic rings. The van der Waals surface area contributed by atoms with Crippen molar-refractivity contribution in [2.45, 2.75) is 50.1 Å². The van der Waals surface area contributed by atoms with Crippen LogP contribution in [0, 0.1) is 0 Å². The maximum atomic E-state index is 6.25. The van der Waals surface area contributed by atoms with E-state index < -0.39 is 0 Å². The fourth-order valence-corrected chi connectivity index (χ4v) is 4.71. The number of hydrogen-bond acceptors (Lipinski definition) is 6. The summed E-state index contributed by atoms with van der Waals surface area (Å²) < 4.78 is 34.3. The van der Waals surface area contributed by atoms with Crippen LogP contribution in [0.5, 0.6) is 23.0 Å². The molecule has 0 aromatic heterocycles. The third kappa shape index (κ3) is 5.90. The van der Waals surface area contributed by atoms with Crippen LogP contribution < -0.4 is 9.47 Å². The normalized spacial score (nSPS) is 25.3. The summed E-state index contributed by atoms with van der Waals surface area (Å²) in [6, 6.07) is 20.5. The lowest BCUT2D eigenvalue weighted by atomic mass is 9.99. The Bertz CT molecular complexity index is 1150. The summed E-state index contributed by atoms with van der Waals surface area (Å²) in [6.45, 7) is 3.40. The van der Waals surface area contributed by atoms with Crippen molar-refractivity contribution in [3.63, 3.8) is 0 Å². The van der Waals surface area contributed by atoms with Gasteiger partial charge in [-0.05, 0) is 58.7 Å². The molecule has 4 fully saturated rings. The molecule has 3 aromatic rings. The summed E-state index contributed by atoms with van der Waals surface area (Å²) in [5.74, 6) is 3.13. The molecule has 7 rings (SSSR count). The van der Waals surface area contributed by atoms with Gasteiger partial charge < -0.3 is 28.4 Å². The summed E-state index contributed by atoms with van der Waals surface area (Å²) in [6.07, 6.45) is 5.11. The van der Waals surface area contributed by atoms with Gasteiger partial charge in [0.1, 0.15) is 23.0 Å². The van der Waals surface area contributed by atoms with E-state index in [1.165, 1.54) is 22.3 Å². The van der Waals surface area contributed by atoms with E-state index in [-0.39, 0.29) is 0 Å². The Morgan fingerprint density at radius 2 is 0.833 bits per heavy atom. The van der Waals surface area contributed by atoms with E-state index in [2.05, 4.69) is 24.3 Å². The Morgan fingerprint density at radius 1 is 0.472 bits per heavy atom. The first-order valence-corrected chi connectivity index (χ1v) is 12.9. The quantitative estimate of drug-likeness (QED) is 0.334. The Hall–Kier alpha value is -2.90. The van der Waals surface area contributed by atoms with Crippen molar-refractivity contribution in [3.8, 4) is 23.0 Å². The Morgan fingerprint density at radius 3 is 1.22 bits per heavy atom. The molecule has 0 saturated carbocycles. The zero-order valence-corrected chi connectivity index (χ0v) is 20.2. The van der Waals surface area contributed by atoms with Gasteiger partial charge in [-0.3, -0.25) is 0 Å². The molecular weight excluding hydrogens is 456 g/mol. The second-order valence-corrected chi connectivity index (χ2v) is 10.2. The molecule has 0 radical (unpaired) electrons. The van der Waals surface area contributed by atoms with E-state index in [0.29, 0.717) is 24.4 Å². The van der Waals surface area contributed by atoms with Gasteiger partial charge in [0.15, 0.2) is 0 Å². The largest absolute Gasteiger partial charge is 0.457 e. The minimum Gasteiger partial charge on any atom is -0.457 e. The first-order chi connectivity index (χ1) is 17.7. The van der Waals surface area contributed by atoms with Gasteiger partial charge in [0.05, 0.1) is 50.8 Å². The molecule has 4 atom stereocenters. The van der Waals surface area contributed by atoms with Gasteiger partial charge in [-0.2, -0.15) is 0 Å². The van der Waals surface area contributed by atoms with Crippen LogP contribution >= 0.6 is 0 Å². The predicted molar refractivity (Wildman–Crippen MR) is 133 cm³/mol. The van der Waals surface area contributed by atoms with Gasteiger partial charge in [0.2, 0.25) is 0 Å². The lowest BCUT2D eigenvalue weighted by Gasteiger charge is -2.14. The van der Waals surface area contributed by atoms with E-state index in [0.717, 1.165) is 75.1 Å². The highest BCUT2D eigenvalue weighted by molar-refractivity contribution is 5.44. The van der Waals surface area contributed by atoms with Crippen molar-refractivity contribution in [1.29, 1.82) is 0 Å². The molecule has 4 unspecified atom stereocenters. The summed E-state index contributed by atoms with van der Waals surface area (Å²) in [7, 11) is 0. The van der Waals surface area contributed by atoms with Gasteiger partial charge in [-0.1, -0.05) is 18.2 Å². The van der Waals surface area contributed by atoms with Gasteiger partial charge in [0.25, 0.3) is 0 Å². The maximum absolute atomic E-state index is 6.25. The number of epoxide rings is 4. The molecule has 0 N–H and O–H groups in total. The van der Waals surface area contributed by atoms with Gasteiger partial charge >= 0.3 is 0 Å². The molecule has 0 amide bonds. The van der Waals surface area contributed by atoms with Crippen LogP contribution in [0.1, 0.15) is 22.3 Å². The van der Waals surface area contributed by atoms with Crippen LogP contribution in [0.25, 0.3) is 0 Å². The SMILES string of the molecule is c1cc(Oc2ccc(CC3CO3)c(CC3CO3)c2)cc(Oc2ccc(CC3CO3)c(CC3CO3)c2)c1. The zero-order chi connectivity index (χ0) is 23.9. The van der Waals surface area contributed by atoms with E-state index in [1.807, 2.05) is 36.4 Å². The molecule has 4 heterocycles. The topological polar surface area (TPSA) is 68.6 Å². The minimum atomic E-state index is 0.329. The summed E-state index contributed by atoms with van der Waals surface area (Å²) in [5, 5.41) is 0. The van der Waals surface area contributed by atoms with Gasteiger partial charge in [0, 0.05) is 31.7 Å². The van der Waals surface area contributed by atoms with E-state index in [4.69, 9.17) is 28.4 Å². The Balaban J connectivity index is 1.06. The van der Waals surface area contributed by atoms with Crippen molar-refractivity contribution in [2.75, 3.05) is 26.4 Å². The highest BCUT2D eigenvalue weighted by Gasteiger charge is 2.29. The second kappa shape index (κ2) is 9.52. The lowest BCUT2D eigenvalue weighted by Crippen LogP contribution is -2.03. The van der Waals surface area contributed by atoms with E-state index in [9.17, 15) is 0 Å². The highest BCUT2D eigenvalue weighted by Crippen LogP contribution is 2.33. The van der Waals surface area contributed by atoms with E-state index >= 15 is 0 Å². The Kier molecular flexibility index (Phi) is 5.90. The zero-order valence-electron chi connectivity index (χ0n) is 20.2. The lowest BCUT2D eigenvalue weighted by molar-refractivity contribution is 0.401. The predicted octanol–water partition coefficient (Wildman–Crippen LogP) is 5.04. The van der Waals surface area contributed by atoms with Crippen LogP contribution in [-0.4, -0.2) is 50.8 Å². The van der Waals surface area contributed by atoms with Crippen LogP contribution in [-0.2, 0) is 44.6 Å². The number of ether oxygens (including phenoxy) is 6. The highest BCUT2D eigenvalue weighted by atomic mass is 16.6. The van der Waals surface area contributed by atoms with Crippen molar-refractivity contribution in [3.05, 3.63) is 82.9 Å². The molecule has 186 valence electrons. The average molecular weight is 487 g/mol. The fourth-order valence-electron chi connectivity index (χ4n) is 4.71. The molecule has 36 heavy (non-hydrogen) atoms. The Labute approximate surface area is 211 Å². The van der Waals surface area contributed by atoms with E-state index in [1.54, 1.807) is 0 Å². The number of rotatable bonds is 12. The molecule has 4 aliphatic heterocycles. The first-order valence-electron chi connectivity index (χ1n) is 12.9. The van der Waals surface area contributed by atoms with Crippen molar-refractivity contribution < 1.29 is 28.4 Å². The minimum absolute atomic E-state index is 0.329. The molecule has 4 saturated heterocycles. The molecule has 3 aromatic carbocycles. The first kappa shape index (κ1) is 22.3. The van der Waals surface area contributed by atoms with Gasteiger partial charge in [-0.15, -0.1) is 0 Å². The average Bonchev–Trinajstić information content (AvgIpc) is 3.66. The maximum Gasteiger partial charge on any atom is 0.131 e. The molecule has 0 aliphatic carbocycles. The fraction of sp³-hybridized carbons (Fsp3) is 0.400. The van der Waals surface area contributed by atoms with Crippen molar-refractivity contribution >= 4 is 0 Å². The van der Waals surface area contributed by atoms with Crippen LogP contribution in [0.3, 0.4) is 0 Å². The second-order valence-electron chi connectivity index (χ2n) is 10.2. The summed E-state index contributed by atoms with van der Waals surface area (Å²) in [4.78, 5) is 0. The number of benzene rings is 3. The van der Waals surface area contributed by atoms with Crippen LogP contribution in [0.15, 0.2) is 60.7 Å². The molecule has 0 bridgehead atoms. The molecule has 0 spiro atoms. The molecular formula is C30H30O6. The summed E-state index contributed by atoms with van der Waals surface area (Å²) >= 11 is 0. The standard InChI is InChI=1S/C30H30O6/c1-2-23(35-25-6-4-19(8-27-15-31-27)21(10-25)12-29-17-33-29)14-24(3-1)36-26-7-5-20(9-28-16-32-28)22(11-26)13-30-18-34-30/h1-7,10-11,14,27-30H,8-9,12-13,15-18H2. The molecule has 6 heteroatoms. The third-order valence-corrected chi connectivity index (χ3v) is 7.03. The van der Waals surface area contributed by atoms with Crippen molar-refractivity contribution in [1.82, 2.24) is 0 Å². The van der Waals surface area contributed by atoms with Gasteiger partial charge in [-0.25, -0.2) is 0 Å².